The monoisotopic (exact) mass is 302 g/mol. The zero-order valence-electron chi connectivity index (χ0n) is 14.3. The van der Waals surface area contributed by atoms with E-state index in [2.05, 4.69) is 46.0 Å². The second-order valence-corrected chi connectivity index (χ2v) is 5.59. The van der Waals surface area contributed by atoms with Gasteiger partial charge in [0.05, 0.1) is 0 Å². The van der Waals surface area contributed by atoms with Crippen LogP contribution in [0.3, 0.4) is 0 Å². The van der Waals surface area contributed by atoms with Crippen LogP contribution in [0, 0.1) is 6.92 Å². The highest BCUT2D eigenvalue weighted by Gasteiger charge is 2.04. The van der Waals surface area contributed by atoms with Crippen molar-refractivity contribution in [2.45, 2.75) is 39.0 Å². The van der Waals surface area contributed by atoms with Crippen molar-refractivity contribution in [2.75, 3.05) is 27.2 Å². The lowest BCUT2D eigenvalue weighted by Gasteiger charge is -2.22. The highest BCUT2D eigenvalue weighted by atomic mass is 15.3. The molecule has 0 amide bonds. The second-order valence-electron chi connectivity index (χ2n) is 5.59. The summed E-state index contributed by atoms with van der Waals surface area (Å²) < 4.78 is 0. The molecular weight excluding hydrogens is 272 g/mol. The van der Waals surface area contributed by atoms with E-state index >= 15 is 0 Å². The maximum atomic E-state index is 4.35. The summed E-state index contributed by atoms with van der Waals surface area (Å²) in [4.78, 5) is 10.9. The fourth-order valence-electron chi connectivity index (χ4n) is 2.27. The summed E-state index contributed by atoms with van der Waals surface area (Å²) in [6, 6.07) is 4.19. The predicted octanol–water partition coefficient (Wildman–Crippen LogP) is 3.19. The number of allylic oxidation sites excluding steroid dienone is 1. The fourth-order valence-corrected chi connectivity index (χ4v) is 2.27. The number of hydrogen-bond donors (Lipinski definition) is 1. The Labute approximate surface area is 135 Å². The first-order valence-corrected chi connectivity index (χ1v) is 8.11. The molecule has 0 bridgehead atoms. The summed E-state index contributed by atoms with van der Waals surface area (Å²) in [5.41, 5.74) is 2.31. The third-order valence-electron chi connectivity index (χ3n) is 3.64. The van der Waals surface area contributed by atoms with E-state index in [1.54, 1.807) is 0 Å². The van der Waals surface area contributed by atoms with E-state index in [4.69, 9.17) is 0 Å². The predicted molar refractivity (Wildman–Crippen MR) is 95.3 cm³/mol. The minimum atomic E-state index is 0.873. The Morgan fingerprint density at radius 3 is 2.82 bits per heavy atom. The molecule has 1 rings (SSSR count). The highest BCUT2D eigenvalue weighted by molar-refractivity contribution is 5.79. The molecule has 0 radical (unpaired) electrons. The second kappa shape index (κ2) is 10.8. The van der Waals surface area contributed by atoms with Gasteiger partial charge in [0.1, 0.15) is 0 Å². The van der Waals surface area contributed by atoms with Gasteiger partial charge in [0.2, 0.25) is 0 Å². The standard InChI is InChI=1S/C18H30N4/c1-5-6-7-8-9-14-22(4)18(19-3)20-13-12-17-11-10-16(2)21-15-17/h5,10-11,15H,1,6-9,12-14H2,2-4H3,(H,19,20). The molecule has 0 aromatic carbocycles. The molecule has 0 spiro atoms. The normalized spacial score (nSPS) is 11.3. The summed E-state index contributed by atoms with van der Waals surface area (Å²) in [7, 11) is 3.93. The molecule has 0 saturated heterocycles. The molecule has 0 aliphatic rings. The first kappa shape index (κ1) is 18.2. The van der Waals surface area contributed by atoms with Crippen molar-refractivity contribution in [3.8, 4) is 0 Å². The number of aliphatic imine (C=N–C) groups is 1. The molecule has 0 atom stereocenters. The number of hydrogen-bond acceptors (Lipinski definition) is 2. The lowest BCUT2D eigenvalue weighted by molar-refractivity contribution is 0.455. The van der Waals surface area contributed by atoms with Gasteiger partial charge in [0.25, 0.3) is 0 Å². The first-order chi connectivity index (χ1) is 10.7. The Balaban J connectivity index is 2.26. The van der Waals surface area contributed by atoms with Crippen molar-refractivity contribution in [1.29, 1.82) is 0 Å². The van der Waals surface area contributed by atoms with Gasteiger partial charge >= 0.3 is 0 Å². The molecule has 0 unspecified atom stereocenters. The Bertz CT molecular complexity index is 451. The smallest absolute Gasteiger partial charge is 0.193 e. The van der Waals surface area contributed by atoms with Gasteiger partial charge < -0.3 is 10.2 Å². The number of rotatable bonds is 9. The molecule has 22 heavy (non-hydrogen) atoms. The molecule has 0 aliphatic carbocycles. The van der Waals surface area contributed by atoms with Crippen molar-refractivity contribution in [3.63, 3.8) is 0 Å². The van der Waals surface area contributed by atoms with E-state index in [-0.39, 0.29) is 0 Å². The zero-order valence-corrected chi connectivity index (χ0v) is 14.3. The van der Waals surface area contributed by atoms with Crippen molar-refractivity contribution in [3.05, 3.63) is 42.2 Å². The lowest BCUT2D eigenvalue weighted by atomic mass is 10.2. The summed E-state index contributed by atoms with van der Waals surface area (Å²) in [5.74, 6) is 0.962. The van der Waals surface area contributed by atoms with Crippen molar-refractivity contribution >= 4 is 5.96 Å². The van der Waals surface area contributed by atoms with E-state index in [9.17, 15) is 0 Å². The van der Waals surface area contributed by atoms with Crippen LogP contribution in [0.5, 0.6) is 0 Å². The van der Waals surface area contributed by atoms with E-state index in [1.165, 1.54) is 24.8 Å². The molecule has 0 fully saturated rings. The molecule has 1 N–H and O–H groups in total. The molecule has 4 nitrogen and oxygen atoms in total. The minimum Gasteiger partial charge on any atom is -0.356 e. The molecule has 122 valence electrons. The molecular formula is C18H30N4. The van der Waals surface area contributed by atoms with Crippen LogP contribution < -0.4 is 5.32 Å². The molecule has 0 aliphatic heterocycles. The van der Waals surface area contributed by atoms with Crippen LogP contribution in [0.1, 0.15) is 36.9 Å². The van der Waals surface area contributed by atoms with Gasteiger partial charge in [-0.2, -0.15) is 0 Å². The number of nitrogens with zero attached hydrogens (tertiary/aromatic N) is 3. The topological polar surface area (TPSA) is 40.5 Å². The van der Waals surface area contributed by atoms with Gasteiger partial charge in [-0.3, -0.25) is 9.98 Å². The Morgan fingerprint density at radius 2 is 2.18 bits per heavy atom. The van der Waals surface area contributed by atoms with Gasteiger partial charge in [-0.05, 0) is 44.2 Å². The molecule has 4 heteroatoms. The largest absolute Gasteiger partial charge is 0.356 e. The van der Waals surface area contributed by atoms with Crippen LogP contribution in [-0.2, 0) is 6.42 Å². The van der Waals surface area contributed by atoms with Crippen LogP contribution in [0.2, 0.25) is 0 Å². The Kier molecular flexibility index (Phi) is 8.96. The van der Waals surface area contributed by atoms with Gasteiger partial charge in [-0.25, -0.2) is 0 Å². The molecule has 1 aromatic rings. The van der Waals surface area contributed by atoms with Gasteiger partial charge in [0.15, 0.2) is 5.96 Å². The Morgan fingerprint density at radius 1 is 1.36 bits per heavy atom. The Hall–Kier alpha value is -1.84. The van der Waals surface area contributed by atoms with Crippen molar-refractivity contribution < 1.29 is 0 Å². The first-order valence-electron chi connectivity index (χ1n) is 8.11. The fraction of sp³-hybridized carbons (Fsp3) is 0.556. The van der Waals surface area contributed by atoms with Crippen LogP contribution in [-0.4, -0.2) is 43.0 Å². The number of aryl methyl sites for hydroxylation is 1. The SMILES string of the molecule is C=CCCCCCN(C)C(=NC)NCCc1ccc(C)nc1. The molecule has 1 heterocycles. The van der Waals surface area contributed by atoms with Gasteiger partial charge in [-0.15, -0.1) is 6.58 Å². The quantitative estimate of drug-likeness (QED) is 0.330. The summed E-state index contributed by atoms with van der Waals surface area (Å²) in [6.45, 7) is 7.67. The highest BCUT2D eigenvalue weighted by Crippen LogP contribution is 2.02. The number of nitrogens with one attached hydrogen (secondary N) is 1. The number of unbranched alkanes of at least 4 members (excludes halogenated alkanes) is 3. The van der Waals surface area contributed by atoms with Crippen LogP contribution in [0.4, 0.5) is 0 Å². The maximum Gasteiger partial charge on any atom is 0.193 e. The lowest BCUT2D eigenvalue weighted by Crippen LogP contribution is -2.40. The van der Waals surface area contributed by atoms with Crippen molar-refractivity contribution in [2.24, 2.45) is 4.99 Å². The maximum absolute atomic E-state index is 4.35. The molecule has 0 saturated carbocycles. The third-order valence-corrected chi connectivity index (χ3v) is 3.64. The van der Waals surface area contributed by atoms with Gasteiger partial charge in [0, 0.05) is 39.1 Å². The summed E-state index contributed by atoms with van der Waals surface area (Å²) >= 11 is 0. The molecule has 1 aromatic heterocycles. The zero-order chi connectivity index (χ0) is 16.2. The minimum absolute atomic E-state index is 0.873. The van der Waals surface area contributed by atoms with E-state index in [0.29, 0.717) is 0 Å². The van der Waals surface area contributed by atoms with Crippen LogP contribution in [0.25, 0.3) is 0 Å². The number of guanidine groups is 1. The van der Waals surface area contributed by atoms with Crippen LogP contribution in [0.15, 0.2) is 36.0 Å². The van der Waals surface area contributed by atoms with E-state index in [1.807, 2.05) is 26.2 Å². The van der Waals surface area contributed by atoms with Crippen LogP contribution >= 0.6 is 0 Å². The number of pyridine rings is 1. The average Bonchev–Trinajstić information content (AvgIpc) is 2.53. The average molecular weight is 302 g/mol. The summed E-state index contributed by atoms with van der Waals surface area (Å²) in [5, 5.41) is 3.42. The van der Waals surface area contributed by atoms with E-state index in [0.717, 1.165) is 37.6 Å². The van der Waals surface area contributed by atoms with Crippen molar-refractivity contribution in [1.82, 2.24) is 15.2 Å². The van der Waals surface area contributed by atoms with E-state index < -0.39 is 0 Å². The third kappa shape index (κ3) is 7.25. The number of aromatic nitrogens is 1. The van der Waals surface area contributed by atoms with Gasteiger partial charge in [-0.1, -0.05) is 18.6 Å². The summed E-state index contributed by atoms with van der Waals surface area (Å²) in [6.07, 6.45) is 9.66.